The van der Waals surface area contributed by atoms with Gasteiger partial charge in [0, 0.05) is 3.57 Å². The Kier molecular flexibility index (Phi) is 4.12. The predicted octanol–water partition coefficient (Wildman–Crippen LogP) is 4.53. The van der Waals surface area contributed by atoms with E-state index in [0.29, 0.717) is 10.6 Å². The number of carbonyl (C=O) groups excluding carboxylic acids is 2. The number of carbonyl (C=O) groups is 2. The molecule has 21 heavy (non-hydrogen) atoms. The molecule has 1 aliphatic heterocycles. The summed E-state index contributed by atoms with van der Waals surface area (Å²) in [7, 11) is 0. The van der Waals surface area contributed by atoms with Crippen molar-refractivity contribution >= 4 is 57.3 Å². The smallest absolute Gasteiger partial charge is 0.268 e. The fraction of sp³-hybridized carbons (Fsp3) is 0. The van der Waals surface area contributed by atoms with Crippen LogP contribution < -0.4 is 4.90 Å². The van der Waals surface area contributed by atoms with E-state index in [0.717, 1.165) is 20.9 Å². The number of para-hydroxylation sites is 1. The standard InChI is InChI=1S/C16H10INO2S/c17-12-8-6-11(7-9-12)10-14-15(19)18(16(20)21-14)13-4-2-1-3-5-13/h1-10H. The van der Waals surface area contributed by atoms with Crippen LogP contribution in [0.3, 0.4) is 0 Å². The van der Waals surface area contributed by atoms with Gasteiger partial charge in [-0.2, -0.15) is 0 Å². The van der Waals surface area contributed by atoms with Gasteiger partial charge in [0.1, 0.15) is 0 Å². The van der Waals surface area contributed by atoms with Gasteiger partial charge in [-0.25, -0.2) is 4.90 Å². The Morgan fingerprint density at radius 3 is 2.29 bits per heavy atom. The number of amides is 2. The zero-order chi connectivity index (χ0) is 14.8. The van der Waals surface area contributed by atoms with Gasteiger partial charge < -0.3 is 0 Å². The van der Waals surface area contributed by atoms with Gasteiger partial charge in [-0.1, -0.05) is 30.3 Å². The van der Waals surface area contributed by atoms with Crippen LogP contribution in [0.1, 0.15) is 5.56 Å². The van der Waals surface area contributed by atoms with Crippen molar-refractivity contribution in [3.63, 3.8) is 0 Å². The van der Waals surface area contributed by atoms with E-state index in [1.807, 2.05) is 30.3 Å². The molecule has 2 aromatic carbocycles. The van der Waals surface area contributed by atoms with Crippen molar-refractivity contribution in [1.29, 1.82) is 0 Å². The summed E-state index contributed by atoms with van der Waals surface area (Å²) in [4.78, 5) is 26.1. The number of thioether (sulfide) groups is 1. The molecule has 0 aliphatic carbocycles. The van der Waals surface area contributed by atoms with Gasteiger partial charge in [-0.15, -0.1) is 0 Å². The van der Waals surface area contributed by atoms with Crippen molar-refractivity contribution in [1.82, 2.24) is 0 Å². The third-order valence-electron chi connectivity index (χ3n) is 2.98. The van der Waals surface area contributed by atoms with E-state index < -0.39 is 0 Å². The number of rotatable bonds is 2. The van der Waals surface area contributed by atoms with Crippen LogP contribution in [0.25, 0.3) is 6.08 Å². The maximum Gasteiger partial charge on any atom is 0.298 e. The van der Waals surface area contributed by atoms with Crippen LogP contribution in [0.2, 0.25) is 0 Å². The molecule has 2 aromatic rings. The molecule has 0 bridgehead atoms. The molecule has 1 heterocycles. The van der Waals surface area contributed by atoms with Crippen molar-refractivity contribution in [3.05, 3.63) is 68.6 Å². The minimum absolute atomic E-state index is 0.261. The van der Waals surface area contributed by atoms with Gasteiger partial charge in [0.05, 0.1) is 10.6 Å². The molecule has 3 rings (SSSR count). The Balaban J connectivity index is 1.92. The molecule has 0 unspecified atom stereocenters. The van der Waals surface area contributed by atoms with Crippen LogP contribution in [0.4, 0.5) is 10.5 Å². The summed E-state index contributed by atoms with van der Waals surface area (Å²) in [5.74, 6) is -0.269. The zero-order valence-electron chi connectivity index (χ0n) is 10.8. The van der Waals surface area contributed by atoms with Crippen LogP contribution in [-0.2, 0) is 4.79 Å². The van der Waals surface area contributed by atoms with Crippen LogP contribution in [0, 0.1) is 3.57 Å². The summed E-state index contributed by atoms with van der Waals surface area (Å²) in [6.45, 7) is 0. The number of anilines is 1. The van der Waals surface area contributed by atoms with Crippen molar-refractivity contribution in [2.24, 2.45) is 0 Å². The number of hydrogen-bond donors (Lipinski definition) is 0. The van der Waals surface area contributed by atoms with Gasteiger partial charge in [-0.3, -0.25) is 9.59 Å². The van der Waals surface area contributed by atoms with E-state index in [4.69, 9.17) is 0 Å². The zero-order valence-corrected chi connectivity index (χ0v) is 13.8. The second kappa shape index (κ2) is 6.03. The Labute approximate surface area is 140 Å². The summed E-state index contributed by atoms with van der Waals surface area (Å²) in [6, 6.07) is 16.8. The first-order valence-electron chi connectivity index (χ1n) is 6.24. The van der Waals surface area contributed by atoms with E-state index >= 15 is 0 Å². The van der Waals surface area contributed by atoms with Crippen LogP contribution >= 0.6 is 34.4 Å². The summed E-state index contributed by atoms with van der Waals surface area (Å²) >= 11 is 3.20. The monoisotopic (exact) mass is 407 g/mol. The van der Waals surface area contributed by atoms with Crippen molar-refractivity contribution in [2.75, 3.05) is 4.90 Å². The number of imide groups is 1. The van der Waals surface area contributed by atoms with Crippen LogP contribution in [-0.4, -0.2) is 11.1 Å². The molecule has 104 valence electrons. The van der Waals surface area contributed by atoms with E-state index in [-0.39, 0.29) is 11.1 Å². The molecule has 1 saturated heterocycles. The second-order valence-electron chi connectivity index (χ2n) is 4.40. The van der Waals surface area contributed by atoms with Gasteiger partial charge in [-0.05, 0) is 70.3 Å². The topological polar surface area (TPSA) is 37.4 Å². The summed E-state index contributed by atoms with van der Waals surface area (Å²) in [5.41, 5.74) is 1.51. The lowest BCUT2D eigenvalue weighted by Gasteiger charge is -2.11. The average Bonchev–Trinajstić information content (AvgIpc) is 2.77. The summed E-state index contributed by atoms with van der Waals surface area (Å²) < 4.78 is 1.13. The van der Waals surface area contributed by atoms with Gasteiger partial charge in [0.25, 0.3) is 11.1 Å². The van der Waals surface area contributed by atoms with Crippen LogP contribution in [0.15, 0.2) is 59.5 Å². The van der Waals surface area contributed by atoms with Crippen LogP contribution in [0.5, 0.6) is 0 Å². The Morgan fingerprint density at radius 1 is 0.952 bits per heavy atom. The van der Waals surface area contributed by atoms with Crippen molar-refractivity contribution in [3.8, 4) is 0 Å². The molecule has 0 spiro atoms. The number of halogens is 1. The van der Waals surface area contributed by atoms with E-state index in [2.05, 4.69) is 22.6 Å². The first kappa shape index (κ1) is 14.3. The van der Waals surface area contributed by atoms with Crippen molar-refractivity contribution in [2.45, 2.75) is 0 Å². The maximum atomic E-state index is 12.4. The third-order valence-corrected chi connectivity index (χ3v) is 4.56. The predicted molar refractivity (Wildman–Crippen MR) is 94.1 cm³/mol. The summed E-state index contributed by atoms with van der Waals surface area (Å²) in [5, 5.41) is -0.261. The normalized spacial score (nSPS) is 16.8. The first-order chi connectivity index (χ1) is 10.1. The molecule has 2 amide bonds. The molecule has 0 N–H and O–H groups in total. The molecule has 0 atom stereocenters. The molecule has 3 nitrogen and oxygen atoms in total. The highest BCUT2D eigenvalue weighted by atomic mass is 127. The lowest BCUT2D eigenvalue weighted by atomic mass is 10.2. The molecule has 5 heteroatoms. The Bertz CT molecular complexity index is 726. The largest absolute Gasteiger partial charge is 0.298 e. The Morgan fingerprint density at radius 2 is 1.62 bits per heavy atom. The highest BCUT2D eigenvalue weighted by Gasteiger charge is 2.36. The first-order valence-corrected chi connectivity index (χ1v) is 8.13. The molecular formula is C16H10INO2S. The van der Waals surface area contributed by atoms with Gasteiger partial charge in [0.2, 0.25) is 0 Å². The van der Waals surface area contributed by atoms with E-state index in [9.17, 15) is 9.59 Å². The second-order valence-corrected chi connectivity index (χ2v) is 6.64. The molecule has 0 radical (unpaired) electrons. The van der Waals surface area contributed by atoms with Gasteiger partial charge in [0.15, 0.2) is 0 Å². The van der Waals surface area contributed by atoms with Gasteiger partial charge >= 0.3 is 0 Å². The molecule has 0 aromatic heterocycles. The quantitative estimate of drug-likeness (QED) is 0.542. The lowest BCUT2D eigenvalue weighted by Crippen LogP contribution is -2.27. The Hall–Kier alpha value is -1.60. The van der Waals surface area contributed by atoms with E-state index in [1.165, 1.54) is 4.90 Å². The molecular weight excluding hydrogens is 397 g/mol. The number of benzene rings is 2. The summed E-state index contributed by atoms with van der Waals surface area (Å²) in [6.07, 6.45) is 1.75. The fourth-order valence-electron chi connectivity index (χ4n) is 1.98. The van der Waals surface area contributed by atoms with E-state index in [1.54, 1.807) is 30.3 Å². The minimum Gasteiger partial charge on any atom is -0.268 e. The minimum atomic E-state index is -0.269. The lowest BCUT2D eigenvalue weighted by molar-refractivity contribution is -0.113. The molecule has 1 fully saturated rings. The highest BCUT2D eigenvalue weighted by Crippen LogP contribution is 2.35. The maximum absolute atomic E-state index is 12.4. The highest BCUT2D eigenvalue weighted by molar-refractivity contribution is 14.1. The molecule has 0 saturated carbocycles. The number of hydrogen-bond acceptors (Lipinski definition) is 3. The van der Waals surface area contributed by atoms with Crippen molar-refractivity contribution < 1.29 is 9.59 Å². The SMILES string of the molecule is O=C1SC(=Cc2ccc(I)cc2)C(=O)N1c1ccccc1. The average molecular weight is 407 g/mol. The fourth-order valence-corrected chi connectivity index (χ4v) is 3.18. The number of nitrogens with zero attached hydrogens (tertiary/aromatic N) is 1. The molecule has 1 aliphatic rings. The third kappa shape index (κ3) is 3.03.